The van der Waals surface area contributed by atoms with Gasteiger partial charge in [0.1, 0.15) is 5.69 Å². The monoisotopic (exact) mass is 328 g/mol. The molecule has 7 heteroatoms. The molecule has 0 saturated carbocycles. The zero-order chi connectivity index (χ0) is 15.4. The summed E-state index contributed by atoms with van der Waals surface area (Å²) in [5.74, 6) is 0.776. The van der Waals surface area contributed by atoms with Gasteiger partial charge in [-0.05, 0) is 32.6 Å². The highest BCUT2D eigenvalue weighted by atomic mass is 35.5. The quantitative estimate of drug-likeness (QED) is 0.848. The summed E-state index contributed by atoms with van der Waals surface area (Å²) in [5, 5.41) is 10.5. The number of methoxy groups -OCH3 is 1. The lowest BCUT2D eigenvalue weighted by Crippen LogP contribution is -2.25. The molecule has 116 valence electrons. The lowest BCUT2D eigenvalue weighted by atomic mass is 10.1. The molecule has 0 radical (unpaired) electrons. The minimum atomic E-state index is -0.0305. The van der Waals surface area contributed by atoms with Crippen molar-refractivity contribution in [1.82, 2.24) is 20.0 Å². The van der Waals surface area contributed by atoms with E-state index in [1.807, 2.05) is 37.3 Å². The zero-order valence-electron chi connectivity index (χ0n) is 12.8. The molecule has 0 aliphatic heterocycles. The standard InChI is InChI=1S/C14H21ClN4OS/c1-16-12(14-10(15)5-8-21-14)13-11(20-4)9-17-19(13)7-6-18(2)3/h5,8-9,12,16H,6-7H2,1-4H3. The van der Waals surface area contributed by atoms with Crippen LogP contribution in [0.15, 0.2) is 17.6 Å². The summed E-state index contributed by atoms with van der Waals surface area (Å²) in [6.45, 7) is 1.71. The van der Waals surface area contributed by atoms with Crippen molar-refractivity contribution >= 4 is 22.9 Å². The number of thiophene rings is 1. The van der Waals surface area contributed by atoms with Crippen LogP contribution in [0.1, 0.15) is 16.6 Å². The largest absolute Gasteiger partial charge is 0.493 e. The molecule has 21 heavy (non-hydrogen) atoms. The Hall–Kier alpha value is -1.08. The fraction of sp³-hybridized carbons (Fsp3) is 0.500. The second kappa shape index (κ2) is 7.26. The predicted octanol–water partition coefficient (Wildman–Crippen LogP) is 2.48. The third-order valence-electron chi connectivity index (χ3n) is 3.29. The maximum atomic E-state index is 6.30. The van der Waals surface area contributed by atoms with Crippen LogP contribution in [0.25, 0.3) is 0 Å². The first-order valence-electron chi connectivity index (χ1n) is 6.73. The SMILES string of the molecule is CNC(c1sccc1Cl)c1c(OC)cnn1CCN(C)C. The van der Waals surface area contributed by atoms with E-state index in [2.05, 4.69) is 15.3 Å². The van der Waals surface area contributed by atoms with E-state index >= 15 is 0 Å². The highest BCUT2D eigenvalue weighted by molar-refractivity contribution is 7.10. The molecule has 1 N–H and O–H groups in total. The van der Waals surface area contributed by atoms with Crippen LogP contribution in [-0.4, -0.2) is 49.5 Å². The van der Waals surface area contributed by atoms with Crippen LogP contribution in [0.3, 0.4) is 0 Å². The molecule has 0 aliphatic rings. The van der Waals surface area contributed by atoms with Crippen LogP contribution in [-0.2, 0) is 6.54 Å². The second-order valence-electron chi connectivity index (χ2n) is 4.98. The van der Waals surface area contributed by atoms with E-state index < -0.39 is 0 Å². The smallest absolute Gasteiger partial charge is 0.161 e. The Morgan fingerprint density at radius 2 is 2.29 bits per heavy atom. The molecular formula is C14H21ClN4OS. The van der Waals surface area contributed by atoms with Gasteiger partial charge in [0.2, 0.25) is 0 Å². The minimum Gasteiger partial charge on any atom is -0.493 e. The Balaban J connectivity index is 2.39. The van der Waals surface area contributed by atoms with Crippen LogP contribution >= 0.6 is 22.9 Å². The van der Waals surface area contributed by atoms with Crippen molar-refractivity contribution in [2.75, 3.05) is 34.8 Å². The molecule has 0 bridgehead atoms. The lowest BCUT2D eigenvalue weighted by Gasteiger charge is -2.20. The summed E-state index contributed by atoms with van der Waals surface area (Å²) in [4.78, 5) is 3.20. The Morgan fingerprint density at radius 3 is 2.81 bits per heavy atom. The molecule has 1 unspecified atom stereocenters. The molecule has 2 aromatic heterocycles. The van der Waals surface area contributed by atoms with Crippen molar-refractivity contribution in [3.63, 3.8) is 0 Å². The van der Waals surface area contributed by atoms with Gasteiger partial charge < -0.3 is 15.0 Å². The van der Waals surface area contributed by atoms with Gasteiger partial charge in [0.15, 0.2) is 5.75 Å². The van der Waals surface area contributed by atoms with E-state index in [9.17, 15) is 0 Å². The van der Waals surface area contributed by atoms with Gasteiger partial charge >= 0.3 is 0 Å². The van der Waals surface area contributed by atoms with E-state index in [4.69, 9.17) is 16.3 Å². The van der Waals surface area contributed by atoms with Crippen molar-refractivity contribution in [3.8, 4) is 5.75 Å². The van der Waals surface area contributed by atoms with Crippen LogP contribution in [0, 0.1) is 0 Å². The van der Waals surface area contributed by atoms with Crippen molar-refractivity contribution in [1.29, 1.82) is 0 Å². The maximum Gasteiger partial charge on any atom is 0.161 e. The number of likely N-dealkylation sites (N-methyl/N-ethyl adjacent to an activating group) is 1. The molecule has 1 atom stereocenters. The topological polar surface area (TPSA) is 42.3 Å². The van der Waals surface area contributed by atoms with E-state index in [-0.39, 0.29) is 6.04 Å². The Bertz CT molecular complexity index is 581. The second-order valence-corrected chi connectivity index (χ2v) is 6.33. The molecule has 2 aromatic rings. The van der Waals surface area contributed by atoms with Gasteiger partial charge in [-0.3, -0.25) is 4.68 Å². The summed E-state index contributed by atoms with van der Waals surface area (Å²) in [6.07, 6.45) is 1.76. The molecule has 2 heterocycles. The van der Waals surface area contributed by atoms with Gasteiger partial charge in [-0.15, -0.1) is 11.3 Å². The molecule has 2 rings (SSSR count). The highest BCUT2D eigenvalue weighted by Crippen LogP contribution is 2.36. The van der Waals surface area contributed by atoms with Crippen molar-refractivity contribution in [3.05, 3.63) is 33.2 Å². The van der Waals surface area contributed by atoms with Crippen molar-refractivity contribution < 1.29 is 4.74 Å². The molecule has 0 fully saturated rings. The Labute approximate surface area is 134 Å². The first-order valence-corrected chi connectivity index (χ1v) is 7.98. The summed E-state index contributed by atoms with van der Waals surface area (Å²) in [6, 6.07) is 1.89. The average molecular weight is 329 g/mol. The minimum absolute atomic E-state index is 0.0305. The van der Waals surface area contributed by atoms with Crippen LogP contribution in [0.4, 0.5) is 0 Å². The fourth-order valence-electron chi connectivity index (χ4n) is 2.20. The average Bonchev–Trinajstić information content (AvgIpc) is 3.05. The highest BCUT2D eigenvalue weighted by Gasteiger charge is 2.25. The summed E-state index contributed by atoms with van der Waals surface area (Å²) in [7, 11) is 7.68. The fourth-order valence-corrected chi connectivity index (χ4v) is 3.48. The third kappa shape index (κ3) is 3.58. The molecule has 0 amide bonds. The number of aromatic nitrogens is 2. The number of ether oxygens (including phenoxy) is 1. The van der Waals surface area contributed by atoms with E-state index in [1.54, 1.807) is 24.6 Å². The molecule has 0 spiro atoms. The van der Waals surface area contributed by atoms with E-state index in [0.29, 0.717) is 0 Å². The number of nitrogens with one attached hydrogen (secondary N) is 1. The number of halogens is 1. The Kier molecular flexibility index (Phi) is 5.64. The van der Waals surface area contributed by atoms with Gasteiger partial charge in [-0.25, -0.2) is 0 Å². The van der Waals surface area contributed by atoms with E-state index in [0.717, 1.165) is 34.4 Å². The molecule has 0 aliphatic carbocycles. The van der Waals surface area contributed by atoms with E-state index in [1.165, 1.54) is 0 Å². The van der Waals surface area contributed by atoms with Crippen LogP contribution < -0.4 is 10.1 Å². The predicted molar refractivity (Wildman–Crippen MR) is 87.6 cm³/mol. The van der Waals surface area contributed by atoms with Crippen molar-refractivity contribution in [2.45, 2.75) is 12.6 Å². The maximum absolute atomic E-state index is 6.30. The van der Waals surface area contributed by atoms with Crippen LogP contribution in [0.2, 0.25) is 5.02 Å². The molecule has 0 aromatic carbocycles. The van der Waals surface area contributed by atoms with Gasteiger partial charge in [0, 0.05) is 11.4 Å². The Morgan fingerprint density at radius 1 is 1.52 bits per heavy atom. The van der Waals surface area contributed by atoms with Gasteiger partial charge in [-0.2, -0.15) is 5.10 Å². The molecule has 5 nitrogen and oxygen atoms in total. The number of hydrogen-bond donors (Lipinski definition) is 1. The molecule has 0 saturated heterocycles. The number of rotatable bonds is 7. The van der Waals surface area contributed by atoms with Crippen LogP contribution in [0.5, 0.6) is 5.75 Å². The van der Waals surface area contributed by atoms with Gasteiger partial charge in [0.05, 0.1) is 30.9 Å². The van der Waals surface area contributed by atoms with Gasteiger partial charge in [0.25, 0.3) is 0 Å². The zero-order valence-corrected chi connectivity index (χ0v) is 14.3. The first kappa shape index (κ1) is 16.3. The first-order chi connectivity index (χ1) is 10.1. The van der Waals surface area contributed by atoms with Gasteiger partial charge in [-0.1, -0.05) is 11.6 Å². The normalized spacial score (nSPS) is 12.9. The number of hydrogen-bond acceptors (Lipinski definition) is 5. The summed E-state index contributed by atoms with van der Waals surface area (Å²) in [5.41, 5.74) is 1.01. The third-order valence-corrected chi connectivity index (χ3v) is 4.72. The molecular weight excluding hydrogens is 308 g/mol. The lowest BCUT2D eigenvalue weighted by molar-refractivity contribution is 0.361. The van der Waals surface area contributed by atoms with Crippen molar-refractivity contribution in [2.24, 2.45) is 0 Å². The summed E-state index contributed by atoms with van der Waals surface area (Å²) < 4.78 is 7.46. The number of nitrogens with zero attached hydrogens (tertiary/aromatic N) is 3. The summed E-state index contributed by atoms with van der Waals surface area (Å²) >= 11 is 7.93.